The fourth-order valence-electron chi connectivity index (χ4n) is 5.41. The fourth-order valence-corrected chi connectivity index (χ4v) is 5.41. The van der Waals surface area contributed by atoms with Crippen molar-refractivity contribution in [1.29, 1.82) is 0 Å². The minimum atomic E-state index is 0.865. The van der Waals surface area contributed by atoms with E-state index in [1.54, 1.807) is 18.2 Å². The highest BCUT2D eigenvalue weighted by atomic mass is 16.5. The molecule has 3 nitrogen and oxygen atoms in total. The predicted molar refractivity (Wildman–Crippen MR) is 143 cm³/mol. The van der Waals surface area contributed by atoms with Crippen LogP contribution in [0, 0.1) is 6.92 Å². The Balaban J connectivity index is 0.000000129. The minimum absolute atomic E-state index is 0.865. The molecule has 0 unspecified atom stereocenters. The number of aromatic nitrogens is 2. The lowest BCUT2D eigenvalue weighted by Crippen LogP contribution is -2.02. The Morgan fingerprint density at radius 2 is 1.59 bits per heavy atom. The molecule has 0 aliphatic heterocycles. The van der Waals surface area contributed by atoms with Gasteiger partial charge in [0.25, 0.3) is 0 Å². The second-order valence-electron chi connectivity index (χ2n) is 9.15. The molecule has 0 radical (unpaired) electrons. The van der Waals surface area contributed by atoms with E-state index in [4.69, 9.17) is 4.74 Å². The summed E-state index contributed by atoms with van der Waals surface area (Å²) in [5.74, 6) is 0.865. The van der Waals surface area contributed by atoms with Gasteiger partial charge in [-0.05, 0) is 83.5 Å². The van der Waals surface area contributed by atoms with Crippen LogP contribution in [0.2, 0.25) is 0 Å². The first kappa shape index (κ1) is 20.7. The van der Waals surface area contributed by atoms with Crippen molar-refractivity contribution in [3.05, 3.63) is 95.8 Å². The van der Waals surface area contributed by atoms with Crippen molar-refractivity contribution in [3.63, 3.8) is 0 Å². The Morgan fingerprint density at radius 1 is 0.765 bits per heavy atom. The van der Waals surface area contributed by atoms with Gasteiger partial charge in [0.15, 0.2) is 0 Å². The molecule has 7 rings (SSSR count). The van der Waals surface area contributed by atoms with Crippen molar-refractivity contribution >= 4 is 43.4 Å². The van der Waals surface area contributed by atoms with Gasteiger partial charge in [0, 0.05) is 23.0 Å². The van der Waals surface area contributed by atoms with Crippen LogP contribution < -0.4 is 4.74 Å². The van der Waals surface area contributed by atoms with Gasteiger partial charge >= 0.3 is 0 Å². The monoisotopic (exact) mass is 444 g/mol. The molecule has 1 aliphatic rings. The van der Waals surface area contributed by atoms with Crippen molar-refractivity contribution in [2.75, 3.05) is 7.11 Å². The second-order valence-corrected chi connectivity index (χ2v) is 9.15. The van der Waals surface area contributed by atoms with E-state index in [1.807, 2.05) is 31.3 Å². The van der Waals surface area contributed by atoms with E-state index in [9.17, 15) is 0 Å². The maximum atomic E-state index is 5.21. The molecule has 0 bridgehead atoms. The molecule has 0 saturated carbocycles. The highest BCUT2D eigenvalue weighted by Crippen LogP contribution is 2.33. The Morgan fingerprint density at radius 3 is 2.50 bits per heavy atom. The largest absolute Gasteiger partial charge is 0.497 e. The molecule has 2 aromatic heterocycles. The van der Waals surface area contributed by atoms with Gasteiger partial charge < -0.3 is 9.72 Å². The van der Waals surface area contributed by atoms with Gasteiger partial charge in [-0.2, -0.15) is 0 Å². The second kappa shape index (κ2) is 8.49. The van der Waals surface area contributed by atoms with Crippen LogP contribution in [-0.2, 0) is 12.8 Å². The molecule has 4 aromatic carbocycles. The Hall–Kier alpha value is -3.85. The first-order valence-electron chi connectivity index (χ1n) is 12.1. The summed E-state index contributed by atoms with van der Waals surface area (Å²) >= 11 is 0. The summed E-state index contributed by atoms with van der Waals surface area (Å²) in [6.45, 7) is 2.01. The topological polar surface area (TPSA) is 37.9 Å². The molecule has 1 aliphatic carbocycles. The number of methoxy groups -OCH3 is 1. The van der Waals surface area contributed by atoms with Crippen LogP contribution >= 0.6 is 0 Å². The Bertz CT molecular complexity index is 1660. The summed E-state index contributed by atoms with van der Waals surface area (Å²) in [5, 5.41) is 8.07. The fraction of sp³-hybridized carbons (Fsp3) is 0.194. The van der Waals surface area contributed by atoms with Gasteiger partial charge in [-0.1, -0.05) is 48.5 Å². The quantitative estimate of drug-likeness (QED) is 0.262. The predicted octanol–water partition coefficient (Wildman–Crippen LogP) is 7.90. The average Bonchev–Trinajstić information content (AvgIpc) is 3.28. The van der Waals surface area contributed by atoms with Gasteiger partial charge in [-0.15, -0.1) is 0 Å². The van der Waals surface area contributed by atoms with Crippen LogP contribution in [0.1, 0.15) is 29.7 Å². The van der Waals surface area contributed by atoms with Crippen molar-refractivity contribution in [2.24, 2.45) is 0 Å². The lowest BCUT2D eigenvalue weighted by atomic mass is 9.86. The van der Waals surface area contributed by atoms with Crippen LogP contribution in [0.5, 0.6) is 5.75 Å². The number of nitrogens with one attached hydrogen (secondary N) is 1. The molecule has 6 aromatic rings. The summed E-state index contributed by atoms with van der Waals surface area (Å²) in [7, 11) is 1.68. The summed E-state index contributed by atoms with van der Waals surface area (Å²) < 4.78 is 5.21. The van der Waals surface area contributed by atoms with Crippen LogP contribution in [0.4, 0.5) is 0 Å². The number of H-pyrrole nitrogens is 1. The van der Waals surface area contributed by atoms with Crippen molar-refractivity contribution in [1.82, 2.24) is 9.97 Å². The number of benzene rings is 4. The highest BCUT2D eigenvalue weighted by molar-refractivity contribution is 6.09. The summed E-state index contributed by atoms with van der Waals surface area (Å²) in [6, 6.07) is 26.1. The van der Waals surface area contributed by atoms with Crippen LogP contribution in [-0.4, -0.2) is 17.1 Å². The number of nitrogens with zero attached hydrogens (tertiary/aromatic N) is 1. The van der Waals surface area contributed by atoms with E-state index in [2.05, 4.69) is 64.6 Å². The van der Waals surface area contributed by atoms with E-state index in [-0.39, 0.29) is 0 Å². The van der Waals surface area contributed by atoms with E-state index < -0.39 is 0 Å². The number of rotatable bonds is 1. The summed E-state index contributed by atoms with van der Waals surface area (Å²) in [6.07, 6.45) is 7.06. The zero-order valence-electron chi connectivity index (χ0n) is 19.7. The number of hydrogen-bond acceptors (Lipinski definition) is 2. The van der Waals surface area contributed by atoms with Gasteiger partial charge in [-0.3, -0.25) is 4.98 Å². The van der Waals surface area contributed by atoms with E-state index in [0.29, 0.717) is 0 Å². The van der Waals surface area contributed by atoms with Gasteiger partial charge in [0.1, 0.15) is 5.75 Å². The molecule has 0 fully saturated rings. The van der Waals surface area contributed by atoms with E-state index in [0.717, 1.165) is 22.5 Å². The molecule has 34 heavy (non-hydrogen) atoms. The molecule has 0 saturated heterocycles. The molecule has 0 amide bonds. The van der Waals surface area contributed by atoms with Gasteiger partial charge in [0.2, 0.25) is 0 Å². The smallest absolute Gasteiger partial charge is 0.120 e. The van der Waals surface area contributed by atoms with Crippen LogP contribution in [0.25, 0.3) is 43.4 Å². The lowest BCUT2D eigenvalue weighted by molar-refractivity contribution is 0.415. The first-order chi connectivity index (χ1) is 16.7. The van der Waals surface area contributed by atoms with Crippen LogP contribution in [0.3, 0.4) is 0 Å². The highest BCUT2D eigenvalue weighted by Gasteiger charge is 2.13. The standard InChI is InChI=1S/C18H16.C13H12N2O/c1-3-7-15-13(5-1)9-11-18-16-8-4-2-6-14(16)10-12-17(15)18;1-8-13-11(5-6-14-8)10-4-3-9(16-2)7-12(10)15-13/h1,3,5,7,9-12H,2,4,6,8H2;3-7,15H,1-2H3. The zero-order valence-corrected chi connectivity index (χ0v) is 19.7. The van der Waals surface area contributed by atoms with Crippen LogP contribution in [0.15, 0.2) is 79.0 Å². The normalized spacial score (nSPS) is 13.1. The molecular weight excluding hydrogens is 416 g/mol. The third-order valence-corrected chi connectivity index (χ3v) is 7.17. The number of ether oxygens (including phenoxy) is 1. The average molecular weight is 445 g/mol. The summed E-state index contributed by atoms with van der Waals surface area (Å²) in [5.41, 5.74) is 6.39. The maximum absolute atomic E-state index is 5.21. The maximum Gasteiger partial charge on any atom is 0.120 e. The molecule has 2 heterocycles. The van der Waals surface area contributed by atoms with Gasteiger partial charge in [-0.25, -0.2) is 0 Å². The summed E-state index contributed by atoms with van der Waals surface area (Å²) in [4.78, 5) is 7.66. The molecule has 0 atom stereocenters. The van der Waals surface area contributed by atoms with E-state index in [1.165, 1.54) is 58.0 Å². The van der Waals surface area contributed by atoms with E-state index >= 15 is 0 Å². The molecule has 1 N–H and O–H groups in total. The van der Waals surface area contributed by atoms with Crippen molar-refractivity contribution < 1.29 is 4.74 Å². The molecule has 168 valence electrons. The third-order valence-electron chi connectivity index (χ3n) is 7.17. The minimum Gasteiger partial charge on any atom is -0.497 e. The number of fused-ring (bicyclic) bond motifs is 8. The molecule has 3 heteroatoms. The zero-order chi connectivity index (χ0) is 23.1. The van der Waals surface area contributed by atoms with Crippen molar-refractivity contribution in [2.45, 2.75) is 32.6 Å². The molecular formula is C31H28N2O. The Labute approximate surface area is 199 Å². The number of aromatic amines is 1. The first-order valence-corrected chi connectivity index (χ1v) is 12.1. The molecule has 0 spiro atoms. The number of pyridine rings is 1. The third kappa shape index (κ3) is 3.49. The number of hydrogen-bond donors (Lipinski definition) is 1. The Kier molecular flexibility index (Phi) is 5.18. The van der Waals surface area contributed by atoms with Crippen molar-refractivity contribution in [3.8, 4) is 5.75 Å². The SMILES string of the molecule is COc1ccc2c(c1)[nH]c1c(C)nccc12.c1ccc2c(c1)ccc1c3c(ccc12)CCCC3. The number of aryl methyl sites for hydroxylation is 3. The van der Waals surface area contributed by atoms with Gasteiger partial charge in [0.05, 0.1) is 23.8 Å². The lowest BCUT2D eigenvalue weighted by Gasteiger charge is -2.18.